The van der Waals surface area contributed by atoms with Crippen molar-refractivity contribution in [3.05, 3.63) is 0 Å². The molecule has 1 N–H and O–H groups in total. The summed E-state index contributed by atoms with van der Waals surface area (Å²) in [6.07, 6.45) is 0.713. The SMILES string of the molecule is CC(C)CC1NC(=O)CN(CC(C)C(C)(C)C)C1=O. The van der Waals surface area contributed by atoms with Gasteiger partial charge in [0.1, 0.15) is 6.04 Å². The predicted octanol–water partition coefficient (Wildman–Crippen LogP) is 2.04. The van der Waals surface area contributed by atoms with Gasteiger partial charge in [0.25, 0.3) is 0 Å². The molecule has 2 atom stereocenters. The number of carbonyl (C=O) groups is 2. The highest BCUT2D eigenvalue weighted by atomic mass is 16.2. The summed E-state index contributed by atoms with van der Waals surface area (Å²) in [5.41, 5.74) is 0.141. The van der Waals surface area contributed by atoms with Gasteiger partial charge in [-0.3, -0.25) is 9.59 Å². The van der Waals surface area contributed by atoms with Crippen LogP contribution in [-0.4, -0.2) is 35.8 Å². The number of amides is 2. The fourth-order valence-electron chi connectivity index (χ4n) is 2.16. The van der Waals surface area contributed by atoms with Crippen molar-refractivity contribution in [2.75, 3.05) is 13.1 Å². The molecule has 0 aromatic carbocycles. The Kier molecular flexibility index (Phi) is 4.99. The summed E-state index contributed by atoms with van der Waals surface area (Å²) in [6, 6.07) is -0.339. The van der Waals surface area contributed by atoms with Crippen LogP contribution in [-0.2, 0) is 9.59 Å². The highest BCUT2D eigenvalue weighted by Gasteiger charge is 2.34. The van der Waals surface area contributed by atoms with E-state index >= 15 is 0 Å². The summed E-state index contributed by atoms with van der Waals surface area (Å²) in [5.74, 6) is 0.798. The second kappa shape index (κ2) is 5.93. The van der Waals surface area contributed by atoms with E-state index in [9.17, 15) is 9.59 Å². The molecular weight excluding hydrogens is 240 g/mol. The minimum atomic E-state index is -0.339. The third-order valence-corrected chi connectivity index (χ3v) is 3.96. The van der Waals surface area contributed by atoms with Crippen molar-refractivity contribution in [1.29, 1.82) is 0 Å². The maximum atomic E-state index is 12.4. The van der Waals surface area contributed by atoms with Crippen LogP contribution in [0.25, 0.3) is 0 Å². The van der Waals surface area contributed by atoms with Crippen LogP contribution in [0.3, 0.4) is 0 Å². The number of hydrogen-bond acceptors (Lipinski definition) is 2. The fraction of sp³-hybridized carbons (Fsp3) is 0.867. The summed E-state index contributed by atoms with van der Waals surface area (Å²) < 4.78 is 0. The summed E-state index contributed by atoms with van der Waals surface area (Å²) in [6.45, 7) is 13.6. The zero-order chi connectivity index (χ0) is 14.8. The van der Waals surface area contributed by atoms with Crippen molar-refractivity contribution in [2.24, 2.45) is 17.3 Å². The van der Waals surface area contributed by atoms with E-state index in [2.05, 4.69) is 46.9 Å². The van der Waals surface area contributed by atoms with Crippen LogP contribution >= 0.6 is 0 Å². The first-order chi connectivity index (χ1) is 8.61. The Bertz CT molecular complexity index is 345. The quantitative estimate of drug-likeness (QED) is 0.848. The number of nitrogens with one attached hydrogen (secondary N) is 1. The second-order valence-corrected chi connectivity index (χ2v) is 7.24. The summed E-state index contributed by atoms with van der Waals surface area (Å²) >= 11 is 0. The first kappa shape index (κ1) is 16.0. The van der Waals surface area contributed by atoms with E-state index in [1.54, 1.807) is 4.90 Å². The lowest BCUT2D eigenvalue weighted by atomic mass is 9.81. The molecule has 0 bridgehead atoms. The largest absolute Gasteiger partial charge is 0.343 e. The van der Waals surface area contributed by atoms with Crippen molar-refractivity contribution in [3.8, 4) is 0 Å². The maximum Gasteiger partial charge on any atom is 0.245 e. The standard InChI is InChI=1S/C15H28N2O2/c1-10(2)7-12-14(19)17(9-13(18)16-12)8-11(3)15(4,5)6/h10-12H,7-9H2,1-6H3,(H,16,18). The van der Waals surface area contributed by atoms with Gasteiger partial charge in [0.2, 0.25) is 11.8 Å². The summed E-state index contributed by atoms with van der Waals surface area (Å²) in [4.78, 5) is 25.8. The Morgan fingerprint density at radius 2 is 1.84 bits per heavy atom. The third kappa shape index (κ3) is 4.51. The number of piperazine rings is 1. The van der Waals surface area contributed by atoms with Gasteiger partial charge in [-0.2, -0.15) is 0 Å². The molecule has 0 saturated carbocycles. The lowest BCUT2D eigenvalue weighted by Crippen LogP contribution is -2.59. The van der Waals surface area contributed by atoms with Crippen LogP contribution < -0.4 is 5.32 Å². The molecular formula is C15H28N2O2. The molecule has 2 amide bonds. The molecule has 1 fully saturated rings. The first-order valence-electron chi connectivity index (χ1n) is 7.19. The van der Waals surface area contributed by atoms with Gasteiger partial charge in [-0.25, -0.2) is 0 Å². The first-order valence-corrected chi connectivity index (χ1v) is 7.19. The van der Waals surface area contributed by atoms with Crippen molar-refractivity contribution in [1.82, 2.24) is 10.2 Å². The van der Waals surface area contributed by atoms with Crippen LogP contribution in [0.4, 0.5) is 0 Å². The Hall–Kier alpha value is -1.06. The lowest BCUT2D eigenvalue weighted by Gasteiger charge is -2.37. The number of rotatable bonds is 4. The van der Waals surface area contributed by atoms with E-state index in [0.717, 1.165) is 0 Å². The molecule has 1 saturated heterocycles. The van der Waals surface area contributed by atoms with E-state index in [1.165, 1.54) is 0 Å². The van der Waals surface area contributed by atoms with Crippen molar-refractivity contribution >= 4 is 11.8 Å². The molecule has 0 radical (unpaired) electrons. The zero-order valence-electron chi connectivity index (χ0n) is 13.1. The number of hydrogen-bond donors (Lipinski definition) is 1. The highest BCUT2D eigenvalue weighted by Crippen LogP contribution is 2.26. The Morgan fingerprint density at radius 1 is 1.26 bits per heavy atom. The van der Waals surface area contributed by atoms with Gasteiger partial charge in [0.15, 0.2) is 0 Å². The Balaban J connectivity index is 2.72. The molecule has 1 aliphatic heterocycles. The van der Waals surface area contributed by atoms with Gasteiger partial charge >= 0.3 is 0 Å². The van der Waals surface area contributed by atoms with Crippen LogP contribution in [0.1, 0.15) is 48.0 Å². The highest BCUT2D eigenvalue weighted by molar-refractivity contribution is 5.94. The minimum absolute atomic E-state index is 0.0358. The van der Waals surface area contributed by atoms with E-state index in [0.29, 0.717) is 24.8 Å². The maximum absolute atomic E-state index is 12.4. The molecule has 0 aliphatic carbocycles. The molecule has 1 heterocycles. The van der Waals surface area contributed by atoms with Crippen LogP contribution in [0.15, 0.2) is 0 Å². The Morgan fingerprint density at radius 3 is 2.32 bits per heavy atom. The monoisotopic (exact) mass is 268 g/mol. The molecule has 19 heavy (non-hydrogen) atoms. The number of nitrogens with zero attached hydrogens (tertiary/aromatic N) is 1. The van der Waals surface area contributed by atoms with Crippen LogP contribution in [0.5, 0.6) is 0 Å². The van der Waals surface area contributed by atoms with Crippen LogP contribution in [0, 0.1) is 17.3 Å². The van der Waals surface area contributed by atoms with Crippen molar-refractivity contribution in [2.45, 2.75) is 54.0 Å². The molecule has 0 aromatic rings. The van der Waals surface area contributed by atoms with Gasteiger partial charge in [-0.05, 0) is 23.7 Å². The normalized spacial score (nSPS) is 22.7. The molecule has 1 aliphatic rings. The summed E-state index contributed by atoms with van der Waals surface area (Å²) in [5, 5.41) is 2.81. The molecule has 1 rings (SSSR count). The Labute approximate surface area is 116 Å². The van der Waals surface area contributed by atoms with Gasteiger partial charge < -0.3 is 10.2 Å². The minimum Gasteiger partial charge on any atom is -0.343 e. The van der Waals surface area contributed by atoms with Gasteiger partial charge in [-0.1, -0.05) is 41.5 Å². The van der Waals surface area contributed by atoms with E-state index in [1.807, 2.05) is 0 Å². The van der Waals surface area contributed by atoms with Gasteiger partial charge in [-0.15, -0.1) is 0 Å². The topological polar surface area (TPSA) is 49.4 Å². The second-order valence-electron chi connectivity index (χ2n) is 7.24. The average molecular weight is 268 g/mol. The molecule has 0 spiro atoms. The fourth-order valence-corrected chi connectivity index (χ4v) is 2.16. The smallest absolute Gasteiger partial charge is 0.245 e. The lowest BCUT2D eigenvalue weighted by molar-refractivity contribution is -0.145. The zero-order valence-corrected chi connectivity index (χ0v) is 13.1. The van der Waals surface area contributed by atoms with Gasteiger partial charge in [0.05, 0.1) is 6.54 Å². The summed E-state index contributed by atoms with van der Waals surface area (Å²) in [7, 11) is 0. The van der Waals surface area contributed by atoms with Crippen molar-refractivity contribution < 1.29 is 9.59 Å². The van der Waals surface area contributed by atoms with E-state index < -0.39 is 0 Å². The third-order valence-electron chi connectivity index (χ3n) is 3.96. The molecule has 110 valence electrons. The predicted molar refractivity (Wildman–Crippen MR) is 76.6 cm³/mol. The van der Waals surface area contributed by atoms with Gasteiger partial charge in [0, 0.05) is 6.54 Å². The molecule has 2 unspecified atom stereocenters. The van der Waals surface area contributed by atoms with Crippen LogP contribution in [0.2, 0.25) is 0 Å². The number of carbonyl (C=O) groups excluding carboxylic acids is 2. The van der Waals surface area contributed by atoms with E-state index in [-0.39, 0.29) is 29.8 Å². The molecule has 4 nitrogen and oxygen atoms in total. The molecule has 4 heteroatoms. The average Bonchev–Trinajstić information content (AvgIpc) is 2.22. The van der Waals surface area contributed by atoms with E-state index in [4.69, 9.17) is 0 Å². The molecule has 0 aromatic heterocycles. The van der Waals surface area contributed by atoms with Crippen molar-refractivity contribution in [3.63, 3.8) is 0 Å².